The Bertz CT molecular complexity index is 792. The van der Waals surface area contributed by atoms with Crippen molar-refractivity contribution in [1.29, 1.82) is 0 Å². The van der Waals surface area contributed by atoms with Crippen LogP contribution in [0.25, 0.3) is 6.08 Å². The summed E-state index contributed by atoms with van der Waals surface area (Å²) < 4.78 is 13.1. The number of nitrogens with zero attached hydrogens (tertiary/aromatic N) is 1. The normalized spacial score (nSPS) is 10.7. The van der Waals surface area contributed by atoms with Gasteiger partial charge in [-0.05, 0) is 42.2 Å². The second-order valence-corrected chi connectivity index (χ2v) is 6.18. The molecule has 25 heavy (non-hydrogen) atoms. The standard InChI is InChI=1S/C19H19FN2O2S/c1-22(19(24)11-10-14-6-5-7-15(20)12-14)13-18(23)21-16-8-3-4-9-17(16)25-2/h3-12H,13H2,1-2H3,(H,21,23). The maximum absolute atomic E-state index is 13.1. The Balaban J connectivity index is 1.93. The fourth-order valence-corrected chi connectivity index (χ4v) is 2.69. The Morgan fingerprint density at radius 3 is 2.68 bits per heavy atom. The summed E-state index contributed by atoms with van der Waals surface area (Å²) in [5, 5.41) is 2.80. The molecule has 0 aliphatic heterocycles. The Morgan fingerprint density at radius 1 is 1.20 bits per heavy atom. The van der Waals surface area contributed by atoms with Crippen LogP contribution in [0.4, 0.5) is 10.1 Å². The van der Waals surface area contributed by atoms with Gasteiger partial charge in [-0.15, -0.1) is 11.8 Å². The van der Waals surface area contributed by atoms with Gasteiger partial charge in [0.05, 0.1) is 12.2 Å². The summed E-state index contributed by atoms with van der Waals surface area (Å²) >= 11 is 1.53. The van der Waals surface area contributed by atoms with Gasteiger partial charge in [-0.25, -0.2) is 4.39 Å². The third-order valence-corrected chi connectivity index (χ3v) is 4.20. The van der Waals surface area contributed by atoms with Crippen molar-refractivity contribution in [2.24, 2.45) is 0 Å². The first-order valence-electron chi connectivity index (χ1n) is 7.61. The number of amides is 2. The van der Waals surface area contributed by atoms with Crippen LogP contribution < -0.4 is 5.32 Å². The van der Waals surface area contributed by atoms with E-state index in [0.29, 0.717) is 5.56 Å². The van der Waals surface area contributed by atoms with Crippen LogP contribution in [0.15, 0.2) is 59.5 Å². The van der Waals surface area contributed by atoms with Gasteiger partial charge in [0.15, 0.2) is 0 Å². The summed E-state index contributed by atoms with van der Waals surface area (Å²) in [4.78, 5) is 26.5. The van der Waals surface area contributed by atoms with Crippen LogP contribution in [-0.2, 0) is 9.59 Å². The summed E-state index contributed by atoms with van der Waals surface area (Å²) in [6.45, 7) is -0.0744. The molecule has 0 aliphatic rings. The molecule has 0 saturated heterocycles. The highest BCUT2D eigenvalue weighted by Gasteiger charge is 2.12. The minimum absolute atomic E-state index is 0.0744. The highest BCUT2D eigenvalue weighted by atomic mass is 32.2. The van der Waals surface area contributed by atoms with E-state index in [2.05, 4.69) is 5.32 Å². The van der Waals surface area contributed by atoms with E-state index in [-0.39, 0.29) is 24.2 Å². The van der Waals surface area contributed by atoms with Crippen molar-refractivity contribution in [3.05, 3.63) is 66.0 Å². The van der Waals surface area contributed by atoms with E-state index in [4.69, 9.17) is 0 Å². The predicted molar refractivity (Wildman–Crippen MR) is 99.9 cm³/mol. The summed E-state index contributed by atoms with van der Waals surface area (Å²) in [6, 6.07) is 13.4. The molecule has 2 aromatic rings. The first kappa shape index (κ1) is 18.7. The molecule has 0 unspecified atom stereocenters. The van der Waals surface area contributed by atoms with E-state index in [1.165, 1.54) is 48.0 Å². The molecule has 130 valence electrons. The number of carbonyl (C=O) groups excluding carboxylic acids is 2. The third-order valence-electron chi connectivity index (χ3n) is 3.41. The van der Waals surface area contributed by atoms with Gasteiger partial charge >= 0.3 is 0 Å². The molecule has 4 nitrogen and oxygen atoms in total. The molecule has 0 bridgehead atoms. The van der Waals surface area contributed by atoms with Crippen molar-refractivity contribution in [2.45, 2.75) is 4.90 Å². The maximum atomic E-state index is 13.1. The minimum Gasteiger partial charge on any atom is -0.333 e. The summed E-state index contributed by atoms with van der Waals surface area (Å²) in [7, 11) is 1.54. The van der Waals surface area contributed by atoms with E-state index in [1.54, 1.807) is 12.1 Å². The van der Waals surface area contributed by atoms with E-state index < -0.39 is 0 Å². The molecule has 2 rings (SSSR count). The average Bonchev–Trinajstić information content (AvgIpc) is 2.60. The van der Waals surface area contributed by atoms with Gasteiger partial charge < -0.3 is 10.2 Å². The topological polar surface area (TPSA) is 49.4 Å². The van der Waals surface area contributed by atoms with Crippen molar-refractivity contribution in [3.8, 4) is 0 Å². The molecule has 6 heteroatoms. The molecule has 1 N–H and O–H groups in total. The van der Waals surface area contributed by atoms with Crippen LogP contribution in [0.2, 0.25) is 0 Å². The van der Waals surface area contributed by atoms with Crippen LogP contribution in [0.1, 0.15) is 5.56 Å². The summed E-state index contributed by atoms with van der Waals surface area (Å²) in [6.07, 6.45) is 4.76. The molecular formula is C19H19FN2O2S. The molecule has 0 spiro atoms. The largest absolute Gasteiger partial charge is 0.333 e. The maximum Gasteiger partial charge on any atom is 0.246 e. The summed E-state index contributed by atoms with van der Waals surface area (Å²) in [5.41, 5.74) is 1.30. The highest BCUT2D eigenvalue weighted by Crippen LogP contribution is 2.24. The van der Waals surface area contributed by atoms with Crippen molar-refractivity contribution < 1.29 is 14.0 Å². The number of nitrogens with one attached hydrogen (secondary N) is 1. The molecule has 0 atom stereocenters. The lowest BCUT2D eigenvalue weighted by Gasteiger charge is -2.15. The zero-order valence-electron chi connectivity index (χ0n) is 14.0. The number of carbonyl (C=O) groups is 2. The van der Waals surface area contributed by atoms with Gasteiger partial charge in [-0.3, -0.25) is 9.59 Å². The zero-order valence-corrected chi connectivity index (χ0v) is 14.8. The number of rotatable bonds is 6. The number of halogens is 1. The van der Waals surface area contributed by atoms with Crippen LogP contribution >= 0.6 is 11.8 Å². The lowest BCUT2D eigenvalue weighted by Crippen LogP contribution is -2.33. The number of anilines is 1. The lowest BCUT2D eigenvalue weighted by molar-refractivity contribution is -0.129. The average molecular weight is 358 g/mol. The van der Waals surface area contributed by atoms with Crippen LogP contribution in [-0.4, -0.2) is 36.6 Å². The smallest absolute Gasteiger partial charge is 0.246 e. The van der Waals surface area contributed by atoms with Crippen LogP contribution in [0, 0.1) is 5.82 Å². The molecule has 0 fully saturated rings. The number of hydrogen-bond donors (Lipinski definition) is 1. The van der Waals surface area contributed by atoms with E-state index in [9.17, 15) is 14.0 Å². The Hall–Kier alpha value is -2.60. The van der Waals surface area contributed by atoms with Crippen molar-refractivity contribution >= 4 is 35.3 Å². The molecular weight excluding hydrogens is 339 g/mol. The van der Waals surface area contributed by atoms with Crippen molar-refractivity contribution in [1.82, 2.24) is 4.90 Å². The van der Waals surface area contributed by atoms with Gasteiger partial charge in [0.1, 0.15) is 5.82 Å². The molecule has 0 radical (unpaired) electrons. The number of benzene rings is 2. The SMILES string of the molecule is CSc1ccccc1NC(=O)CN(C)C(=O)C=Cc1cccc(F)c1. The Kier molecular flexibility index (Phi) is 6.77. The summed E-state index contributed by atoms with van der Waals surface area (Å²) in [5.74, 6) is -0.983. The van der Waals surface area contributed by atoms with Gasteiger partial charge in [-0.2, -0.15) is 0 Å². The molecule has 0 saturated carbocycles. The second kappa shape index (κ2) is 9.03. The van der Waals surface area contributed by atoms with Crippen LogP contribution in [0.5, 0.6) is 0 Å². The number of likely N-dealkylation sites (N-methyl/N-ethyl adjacent to an activating group) is 1. The molecule has 0 aliphatic carbocycles. The van der Waals surface area contributed by atoms with E-state index in [1.807, 2.05) is 30.5 Å². The fourth-order valence-electron chi connectivity index (χ4n) is 2.14. The predicted octanol–water partition coefficient (Wildman–Crippen LogP) is 3.66. The van der Waals surface area contributed by atoms with Crippen LogP contribution in [0.3, 0.4) is 0 Å². The quantitative estimate of drug-likeness (QED) is 0.633. The lowest BCUT2D eigenvalue weighted by atomic mass is 10.2. The molecule has 0 aromatic heterocycles. The molecule has 2 amide bonds. The first-order chi connectivity index (χ1) is 12.0. The van der Waals surface area contributed by atoms with Crippen molar-refractivity contribution in [3.63, 3.8) is 0 Å². The number of hydrogen-bond acceptors (Lipinski definition) is 3. The van der Waals surface area contributed by atoms with E-state index in [0.717, 1.165) is 10.6 Å². The van der Waals surface area contributed by atoms with Crippen molar-refractivity contribution in [2.75, 3.05) is 25.2 Å². The fraction of sp³-hybridized carbons (Fsp3) is 0.158. The molecule has 0 heterocycles. The monoisotopic (exact) mass is 358 g/mol. The van der Waals surface area contributed by atoms with E-state index >= 15 is 0 Å². The minimum atomic E-state index is -0.366. The third kappa shape index (κ3) is 5.76. The first-order valence-corrected chi connectivity index (χ1v) is 8.83. The highest BCUT2D eigenvalue weighted by molar-refractivity contribution is 7.98. The van der Waals surface area contributed by atoms with Gasteiger partial charge in [0.25, 0.3) is 0 Å². The second-order valence-electron chi connectivity index (χ2n) is 5.33. The molecule has 2 aromatic carbocycles. The van der Waals surface area contributed by atoms with Gasteiger partial charge in [0, 0.05) is 18.0 Å². The van der Waals surface area contributed by atoms with Gasteiger partial charge in [0.2, 0.25) is 11.8 Å². The Labute approximate surface area is 150 Å². The zero-order chi connectivity index (χ0) is 18.2. The number of para-hydroxylation sites is 1. The number of thioether (sulfide) groups is 1. The Morgan fingerprint density at radius 2 is 1.96 bits per heavy atom. The van der Waals surface area contributed by atoms with Gasteiger partial charge in [-0.1, -0.05) is 24.3 Å².